The lowest BCUT2D eigenvalue weighted by atomic mass is 10.2. The standard InChI is InChI=1S/C19H19N3O2S2/c1-12-6-8-14(9-7-12)21-16(23)11-22(3)19(24)17-13(2)20-18(26-17)15-5-4-10-25-15/h4-10H,11H2,1-3H3,(H,21,23). The number of anilines is 1. The molecule has 26 heavy (non-hydrogen) atoms. The number of nitrogens with one attached hydrogen (secondary N) is 1. The summed E-state index contributed by atoms with van der Waals surface area (Å²) in [5, 5.41) is 5.62. The lowest BCUT2D eigenvalue weighted by Gasteiger charge is -2.16. The first kappa shape index (κ1) is 18.3. The average Bonchev–Trinajstić information content (AvgIpc) is 3.25. The monoisotopic (exact) mass is 385 g/mol. The summed E-state index contributed by atoms with van der Waals surface area (Å²) < 4.78 is 0. The fraction of sp³-hybridized carbons (Fsp3) is 0.211. The number of hydrogen-bond acceptors (Lipinski definition) is 5. The van der Waals surface area contributed by atoms with Crippen LogP contribution in [0.1, 0.15) is 20.9 Å². The van der Waals surface area contributed by atoms with Gasteiger partial charge in [-0.15, -0.1) is 22.7 Å². The smallest absolute Gasteiger partial charge is 0.266 e. The third kappa shape index (κ3) is 4.17. The number of thiazole rings is 1. The van der Waals surface area contributed by atoms with Crippen molar-refractivity contribution < 1.29 is 9.59 Å². The Balaban J connectivity index is 1.66. The molecule has 0 aliphatic carbocycles. The fourth-order valence-electron chi connectivity index (χ4n) is 2.40. The molecule has 0 spiro atoms. The van der Waals surface area contributed by atoms with E-state index in [-0.39, 0.29) is 18.4 Å². The van der Waals surface area contributed by atoms with Crippen LogP contribution in [0.2, 0.25) is 0 Å². The number of nitrogens with zero attached hydrogens (tertiary/aromatic N) is 2. The van der Waals surface area contributed by atoms with Gasteiger partial charge >= 0.3 is 0 Å². The van der Waals surface area contributed by atoms with E-state index in [1.165, 1.54) is 16.2 Å². The molecule has 0 unspecified atom stereocenters. The van der Waals surface area contributed by atoms with Gasteiger partial charge in [0.05, 0.1) is 17.1 Å². The van der Waals surface area contributed by atoms with E-state index < -0.39 is 0 Å². The highest BCUT2D eigenvalue weighted by molar-refractivity contribution is 7.22. The van der Waals surface area contributed by atoms with Gasteiger partial charge in [0.2, 0.25) is 5.91 Å². The van der Waals surface area contributed by atoms with Gasteiger partial charge in [-0.3, -0.25) is 9.59 Å². The SMILES string of the molecule is Cc1ccc(NC(=O)CN(C)C(=O)c2sc(-c3cccs3)nc2C)cc1. The van der Waals surface area contributed by atoms with Crippen LogP contribution < -0.4 is 5.32 Å². The average molecular weight is 386 g/mol. The number of amides is 2. The highest BCUT2D eigenvalue weighted by atomic mass is 32.1. The van der Waals surface area contributed by atoms with E-state index in [2.05, 4.69) is 10.3 Å². The van der Waals surface area contributed by atoms with Gasteiger partial charge in [0.1, 0.15) is 9.88 Å². The number of hydrogen-bond donors (Lipinski definition) is 1. The summed E-state index contributed by atoms with van der Waals surface area (Å²) in [6.45, 7) is 3.79. The quantitative estimate of drug-likeness (QED) is 0.716. The van der Waals surface area contributed by atoms with Crippen LogP contribution in [0.15, 0.2) is 41.8 Å². The molecule has 3 aromatic rings. The van der Waals surface area contributed by atoms with Crippen LogP contribution in [0.4, 0.5) is 5.69 Å². The number of aromatic nitrogens is 1. The lowest BCUT2D eigenvalue weighted by molar-refractivity contribution is -0.116. The second-order valence-electron chi connectivity index (χ2n) is 5.99. The summed E-state index contributed by atoms with van der Waals surface area (Å²) in [6.07, 6.45) is 0. The largest absolute Gasteiger partial charge is 0.332 e. The molecule has 0 radical (unpaired) electrons. The maximum atomic E-state index is 12.7. The normalized spacial score (nSPS) is 10.6. The van der Waals surface area contributed by atoms with Gasteiger partial charge in [0, 0.05) is 12.7 Å². The van der Waals surface area contributed by atoms with Gasteiger partial charge < -0.3 is 10.2 Å². The molecule has 7 heteroatoms. The van der Waals surface area contributed by atoms with Gasteiger partial charge in [-0.05, 0) is 37.4 Å². The van der Waals surface area contributed by atoms with Gasteiger partial charge in [-0.2, -0.15) is 0 Å². The van der Waals surface area contributed by atoms with Gasteiger partial charge in [-0.25, -0.2) is 4.98 Å². The molecule has 1 aromatic carbocycles. The minimum Gasteiger partial charge on any atom is -0.332 e. The fourth-order valence-corrected chi connectivity index (χ4v) is 4.26. The van der Waals surface area contributed by atoms with Crippen molar-refractivity contribution in [3.05, 3.63) is 57.9 Å². The van der Waals surface area contributed by atoms with Crippen LogP contribution in [0.25, 0.3) is 9.88 Å². The predicted molar refractivity (Wildman–Crippen MR) is 107 cm³/mol. The van der Waals surface area contributed by atoms with Crippen molar-refractivity contribution in [1.29, 1.82) is 0 Å². The van der Waals surface area contributed by atoms with E-state index in [1.54, 1.807) is 18.4 Å². The summed E-state index contributed by atoms with van der Waals surface area (Å²) in [7, 11) is 1.63. The number of carbonyl (C=O) groups excluding carboxylic acids is 2. The number of rotatable bonds is 5. The van der Waals surface area contributed by atoms with Crippen molar-refractivity contribution in [3.8, 4) is 9.88 Å². The number of benzene rings is 1. The van der Waals surface area contributed by atoms with Crippen molar-refractivity contribution in [3.63, 3.8) is 0 Å². The number of likely N-dealkylation sites (N-methyl/N-ethyl adjacent to an activating group) is 1. The molecule has 0 aliphatic rings. The summed E-state index contributed by atoms with van der Waals surface area (Å²) >= 11 is 2.95. The summed E-state index contributed by atoms with van der Waals surface area (Å²) in [5.74, 6) is -0.424. The first-order chi connectivity index (χ1) is 12.4. The summed E-state index contributed by atoms with van der Waals surface area (Å²) in [6, 6.07) is 11.5. The molecular formula is C19H19N3O2S2. The second-order valence-corrected chi connectivity index (χ2v) is 7.93. The van der Waals surface area contributed by atoms with Crippen LogP contribution in [-0.2, 0) is 4.79 Å². The maximum absolute atomic E-state index is 12.7. The number of carbonyl (C=O) groups is 2. The minimum atomic E-state index is -0.231. The van der Waals surface area contributed by atoms with Crippen LogP contribution in [0, 0.1) is 13.8 Å². The Bertz CT molecular complexity index is 915. The molecule has 0 bridgehead atoms. The Morgan fingerprint density at radius 1 is 1.15 bits per heavy atom. The topological polar surface area (TPSA) is 62.3 Å². The zero-order chi connectivity index (χ0) is 18.7. The minimum absolute atomic E-state index is 0.0155. The summed E-state index contributed by atoms with van der Waals surface area (Å²) in [4.78, 5) is 32.4. The van der Waals surface area contributed by atoms with E-state index in [1.807, 2.05) is 55.6 Å². The molecule has 0 saturated heterocycles. The molecule has 1 N–H and O–H groups in total. The molecule has 2 heterocycles. The third-order valence-electron chi connectivity index (χ3n) is 3.79. The van der Waals surface area contributed by atoms with E-state index in [4.69, 9.17) is 0 Å². The second kappa shape index (κ2) is 7.80. The highest BCUT2D eigenvalue weighted by Crippen LogP contribution is 2.31. The maximum Gasteiger partial charge on any atom is 0.266 e. The lowest BCUT2D eigenvalue weighted by Crippen LogP contribution is -2.34. The van der Waals surface area contributed by atoms with Crippen molar-refractivity contribution >= 4 is 40.2 Å². The Kier molecular flexibility index (Phi) is 5.49. The van der Waals surface area contributed by atoms with Crippen LogP contribution in [0.5, 0.6) is 0 Å². The first-order valence-electron chi connectivity index (χ1n) is 8.07. The van der Waals surface area contributed by atoms with Crippen LogP contribution >= 0.6 is 22.7 Å². The zero-order valence-corrected chi connectivity index (χ0v) is 16.4. The Morgan fingerprint density at radius 3 is 2.54 bits per heavy atom. The molecule has 0 atom stereocenters. The molecule has 0 aliphatic heterocycles. The third-order valence-corrected chi connectivity index (χ3v) is 5.97. The molecule has 3 rings (SSSR count). The Labute approximate surface area is 160 Å². The van der Waals surface area contributed by atoms with Crippen molar-refractivity contribution in [2.75, 3.05) is 18.9 Å². The van der Waals surface area contributed by atoms with Crippen LogP contribution in [-0.4, -0.2) is 35.3 Å². The first-order valence-corrected chi connectivity index (χ1v) is 9.77. The van der Waals surface area contributed by atoms with Crippen molar-refractivity contribution in [2.45, 2.75) is 13.8 Å². The highest BCUT2D eigenvalue weighted by Gasteiger charge is 2.21. The Hall–Kier alpha value is -2.51. The van der Waals surface area contributed by atoms with Gasteiger partial charge in [-0.1, -0.05) is 23.8 Å². The molecule has 5 nitrogen and oxygen atoms in total. The molecule has 2 amide bonds. The molecule has 0 fully saturated rings. The number of aryl methyl sites for hydroxylation is 2. The van der Waals surface area contributed by atoms with E-state index in [9.17, 15) is 9.59 Å². The van der Waals surface area contributed by atoms with Crippen molar-refractivity contribution in [2.24, 2.45) is 0 Å². The molecule has 2 aromatic heterocycles. The Morgan fingerprint density at radius 2 is 1.88 bits per heavy atom. The van der Waals surface area contributed by atoms with E-state index in [0.717, 1.165) is 21.1 Å². The molecule has 0 saturated carbocycles. The molecule has 134 valence electrons. The van der Waals surface area contributed by atoms with Gasteiger partial charge in [0.15, 0.2) is 0 Å². The predicted octanol–water partition coefficient (Wildman–Crippen LogP) is 4.20. The van der Waals surface area contributed by atoms with E-state index >= 15 is 0 Å². The number of thiophene rings is 1. The summed E-state index contributed by atoms with van der Waals surface area (Å²) in [5.41, 5.74) is 2.53. The molecular weight excluding hydrogens is 366 g/mol. The van der Waals surface area contributed by atoms with Crippen LogP contribution in [0.3, 0.4) is 0 Å². The van der Waals surface area contributed by atoms with E-state index in [0.29, 0.717) is 10.6 Å². The zero-order valence-electron chi connectivity index (χ0n) is 14.8. The van der Waals surface area contributed by atoms with Gasteiger partial charge in [0.25, 0.3) is 5.91 Å². The van der Waals surface area contributed by atoms with Crippen molar-refractivity contribution in [1.82, 2.24) is 9.88 Å².